The SMILES string of the molecule is CCCCCCOc1cc(OCCCCCC)c(PC(=O)c2c(C)cccc2C)c(OCCCCCC)c1.[LiH]. The van der Waals surface area contributed by atoms with E-state index in [4.69, 9.17) is 14.2 Å². The molecule has 6 heteroatoms. The van der Waals surface area contributed by atoms with Crippen molar-refractivity contribution in [3.8, 4) is 17.2 Å². The molecule has 1 unspecified atom stereocenters. The summed E-state index contributed by atoms with van der Waals surface area (Å²) in [6, 6.07) is 9.98. The third kappa shape index (κ3) is 13.2. The first-order valence-corrected chi connectivity index (χ1v) is 16.0. The molecule has 39 heavy (non-hydrogen) atoms. The van der Waals surface area contributed by atoms with Gasteiger partial charge in [0.2, 0.25) is 0 Å². The molecular formula is C33H52LiO4P. The molecule has 0 spiro atoms. The van der Waals surface area contributed by atoms with E-state index in [1.807, 2.05) is 44.2 Å². The number of rotatable bonds is 21. The average Bonchev–Trinajstić information content (AvgIpc) is 2.89. The summed E-state index contributed by atoms with van der Waals surface area (Å²) in [4.78, 5) is 13.6. The summed E-state index contributed by atoms with van der Waals surface area (Å²) in [5, 5.41) is 0.863. The molecule has 2 rings (SSSR count). The van der Waals surface area contributed by atoms with Crippen LogP contribution in [0.3, 0.4) is 0 Å². The molecule has 214 valence electrons. The van der Waals surface area contributed by atoms with Gasteiger partial charge in [-0.2, -0.15) is 0 Å². The molecule has 0 fully saturated rings. The summed E-state index contributed by atoms with van der Waals surface area (Å²) in [6.45, 7) is 12.6. The van der Waals surface area contributed by atoms with Crippen molar-refractivity contribution in [1.29, 1.82) is 0 Å². The molecular weight excluding hydrogens is 498 g/mol. The first-order valence-electron chi connectivity index (χ1n) is 15.0. The van der Waals surface area contributed by atoms with E-state index in [0.29, 0.717) is 19.8 Å². The summed E-state index contributed by atoms with van der Waals surface area (Å²) < 4.78 is 18.9. The molecule has 0 heterocycles. The molecule has 0 saturated heterocycles. The fraction of sp³-hybridized carbons (Fsp3) is 0.606. The Morgan fingerprint density at radius 3 is 1.54 bits per heavy atom. The summed E-state index contributed by atoms with van der Waals surface area (Å²) in [6.07, 6.45) is 13.7. The Hall–Kier alpha value is -1.46. The first kappa shape index (κ1) is 35.6. The van der Waals surface area contributed by atoms with Crippen LogP contribution in [-0.4, -0.2) is 44.2 Å². The fourth-order valence-electron chi connectivity index (χ4n) is 4.49. The predicted octanol–water partition coefficient (Wildman–Crippen LogP) is 8.68. The molecule has 0 bridgehead atoms. The third-order valence-electron chi connectivity index (χ3n) is 6.76. The van der Waals surface area contributed by atoms with Crippen LogP contribution in [0.5, 0.6) is 17.2 Å². The van der Waals surface area contributed by atoms with Crippen molar-refractivity contribution < 1.29 is 19.0 Å². The molecule has 0 aliphatic heterocycles. The monoisotopic (exact) mass is 550 g/mol. The topological polar surface area (TPSA) is 44.8 Å². The number of carbonyl (C=O) groups is 1. The van der Waals surface area contributed by atoms with Crippen LogP contribution < -0.4 is 19.5 Å². The van der Waals surface area contributed by atoms with Crippen LogP contribution in [0.2, 0.25) is 0 Å². The first-order chi connectivity index (χ1) is 18.5. The molecule has 0 radical (unpaired) electrons. The van der Waals surface area contributed by atoms with E-state index in [0.717, 1.165) is 71.3 Å². The number of carbonyl (C=O) groups excluding carboxylic acids is 1. The molecule has 0 amide bonds. The Bertz CT molecular complexity index is 907. The summed E-state index contributed by atoms with van der Waals surface area (Å²) >= 11 is 0. The Kier molecular flexibility index (Phi) is 19.4. The Labute approximate surface area is 252 Å². The predicted molar refractivity (Wildman–Crippen MR) is 171 cm³/mol. The Morgan fingerprint density at radius 2 is 1.10 bits per heavy atom. The third-order valence-corrected chi connectivity index (χ3v) is 7.98. The Morgan fingerprint density at radius 1 is 0.667 bits per heavy atom. The van der Waals surface area contributed by atoms with E-state index in [9.17, 15) is 4.79 Å². The van der Waals surface area contributed by atoms with Gasteiger partial charge >= 0.3 is 18.9 Å². The number of aryl methyl sites for hydroxylation is 2. The van der Waals surface area contributed by atoms with Gasteiger partial charge in [-0.15, -0.1) is 0 Å². The van der Waals surface area contributed by atoms with E-state index >= 15 is 0 Å². The zero-order chi connectivity index (χ0) is 27.6. The quantitative estimate of drug-likeness (QED) is 0.0886. The zero-order valence-electron chi connectivity index (χ0n) is 24.6. The van der Waals surface area contributed by atoms with Crippen molar-refractivity contribution in [1.82, 2.24) is 0 Å². The molecule has 0 aromatic heterocycles. The van der Waals surface area contributed by atoms with Crippen LogP contribution in [0.25, 0.3) is 0 Å². The maximum absolute atomic E-state index is 13.6. The molecule has 2 aromatic rings. The summed E-state index contributed by atoms with van der Waals surface area (Å²) in [5.41, 5.74) is 2.96. The van der Waals surface area contributed by atoms with Crippen molar-refractivity contribution >= 4 is 38.3 Å². The van der Waals surface area contributed by atoms with Gasteiger partial charge < -0.3 is 14.2 Å². The minimum atomic E-state index is -0.0752. The Balaban J connectivity index is 0.00000760. The normalized spacial score (nSPS) is 11.0. The van der Waals surface area contributed by atoms with Gasteiger partial charge in [0.1, 0.15) is 17.2 Å². The van der Waals surface area contributed by atoms with Crippen LogP contribution >= 0.6 is 8.58 Å². The van der Waals surface area contributed by atoms with Gasteiger partial charge in [0.05, 0.1) is 25.1 Å². The van der Waals surface area contributed by atoms with Gasteiger partial charge in [0, 0.05) is 17.7 Å². The van der Waals surface area contributed by atoms with Gasteiger partial charge in [0.15, 0.2) is 5.52 Å². The number of hydrogen-bond acceptors (Lipinski definition) is 4. The number of ether oxygens (including phenoxy) is 3. The minimum absolute atomic E-state index is 0. The van der Waals surface area contributed by atoms with Crippen molar-refractivity contribution in [2.45, 2.75) is 112 Å². The number of benzene rings is 2. The van der Waals surface area contributed by atoms with E-state index < -0.39 is 0 Å². The van der Waals surface area contributed by atoms with Crippen LogP contribution in [0, 0.1) is 13.8 Å². The molecule has 1 atom stereocenters. The molecule has 0 aliphatic rings. The second kappa shape index (κ2) is 21.3. The summed E-state index contributed by atoms with van der Waals surface area (Å²) in [7, 11) is -0.0752. The van der Waals surface area contributed by atoms with Crippen LogP contribution in [0.1, 0.15) is 119 Å². The van der Waals surface area contributed by atoms with Crippen molar-refractivity contribution in [2.75, 3.05) is 19.8 Å². The van der Waals surface area contributed by atoms with Crippen molar-refractivity contribution in [3.05, 3.63) is 47.0 Å². The van der Waals surface area contributed by atoms with Gasteiger partial charge in [-0.1, -0.05) is 96.8 Å². The van der Waals surface area contributed by atoms with Crippen LogP contribution in [0.15, 0.2) is 30.3 Å². The number of hydrogen-bond donors (Lipinski definition) is 0. The summed E-state index contributed by atoms with van der Waals surface area (Å²) in [5.74, 6) is 2.23. The molecule has 4 nitrogen and oxygen atoms in total. The van der Waals surface area contributed by atoms with Crippen molar-refractivity contribution in [3.63, 3.8) is 0 Å². The molecule has 2 aromatic carbocycles. The second-order valence-corrected chi connectivity index (χ2v) is 11.4. The second-order valence-electron chi connectivity index (χ2n) is 10.2. The van der Waals surface area contributed by atoms with Gasteiger partial charge in [0.25, 0.3) is 0 Å². The number of unbranched alkanes of at least 4 members (excludes halogenated alkanes) is 9. The van der Waals surface area contributed by atoms with Crippen LogP contribution in [-0.2, 0) is 0 Å². The molecule has 0 N–H and O–H groups in total. The van der Waals surface area contributed by atoms with Gasteiger partial charge in [-0.05, 0) is 52.8 Å². The zero-order valence-corrected chi connectivity index (χ0v) is 25.6. The average molecular weight is 551 g/mol. The van der Waals surface area contributed by atoms with Gasteiger partial charge in [-0.25, -0.2) is 0 Å². The van der Waals surface area contributed by atoms with Gasteiger partial charge in [-0.3, -0.25) is 4.79 Å². The van der Waals surface area contributed by atoms with E-state index in [1.54, 1.807) is 0 Å². The fourth-order valence-corrected chi connectivity index (χ4v) is 5.77. The van der Waals surface area contributed by atoms with E-state index in [2.05, 4.69) is 20.8 Å². The molecule has 0 saturated carbocycles. The maximum atomic E-state index is 13.6. The van der Waals surface area contributed by atoms with Crippen molar-refractivity contribution in [2.24, 2.45) is 0 Å². The van der Waals surface area contributed by atoms with E-state index in [-0.39, 0.29) is 33.0 Å². The standard InChI is InChI=1S/C33H51O4P.Li.H/c1-6-9-12-15-21-35-28-24-29(36-22-16-13-10-7-2)32(30(25-28)37-23-17-14-11-8-3)38-33(34)31-26(4)19-18-20-27(31)5;;/h18-20,24-25,38H,6-17,21-23H2,1-5H3;;. The van der Waals surface area contributed by atoms with E-state index in [1.165, 1.54) is 44.9 Å². The van der Waals surface area contributed by atoms with Crippen LogP contribution in [0.4, 0.5) is 0 Å². The molecule has 0 aliphatic carbocycles.